The maximum absolute atomic E-state index is 9.60. The Labute approximate surface area is 86.9 Å². The number of benzene rings is 2. The van der Waals surface area contributed by atoms with Gasteiger partial charge in [-0.25, -0.2) is 0 Å². The minimum atomic E-state index is -0.170. The van der Waals surface area contributed by atoms with E-state index in [4.69, 9.17) is 5.11 Å². The predicted molar refractivity (Wildman–Crippen MR) is 55.7 cm³/mol. The van der Waals surface area contributed by atoms with Gasteiger partial charge < -0.3 is 15.3 Å². The van der Waals surface area contributed by atoms with E-state index in [0.29, 0.717) is 11.1 Å². The molecule has 0 aromatic heterocycles. The standard InChI is InChI=1S/C12H9O3/c13-9-6-10(14)12(11(15)7-9)8-4-2-1-3-5-8/h2-7,13-15H. The molecule has 0 aliphatic rings. The van der Waals surface area contributed by atoms with Gasteiger partial charge in [-0.1, -0.05) is 24.3 Å². The van der Waals surface area contributed by atoms with E-state index in [2.05, 4.69) is 6.07 Å². The molecule has 0 aliphatic heterocycles. The molecule has 3 N–H and O–H groups in total. The van der Waals surface area contributed by atoms with Gasteiger partial charge in [-0.05, 0) is 11.6 Å². The highest BCUT2D eigenvalue weighted by atomic mass is 16.3. The summed E-state index contributed by atoms with van der Waals surface area (Å²) in [7, 11) is 0. The van der Waals surface area contributed by atoms with Crippen LogP contribution in [-0.4, -0.2) is 15.3 Å². The summed E-state index contributed by atoms with van der Waals surface area (Å²) in [6, 6.07) is 12.0. The fraction of sp³-hybridized carbons (Fsp3) is 0. The normalized spacial score (nSPS) is 10.1. The molecule has 0 bridgehead atoms. The van der Waals surface area contributed by atoms with Gasteiger partial charge in [-0.3, -0.25) is 0 Å². The SMILES string of the molecule is Oc1cc(O)c(-c2cc[c]cc2)c(O)c1. The molecule has 2 rings (SSSR count). The van der Waals surface area contributed by atoms with Gasteiger partial charge in [-0.2, -0.15) is 0 Å². The summed E-state index contributed by atoms with van der Waals surface area (Å²) in [5.74, 6) is -0.478. The van der Waals surface area contributed by atoms with E-state index >= 15 is 0 Å². The highest BCUT2D eigenvalue weighted by molar-refractivity contribution is 5.77. The summed E-state index contributed by atoms with van der Waals surface area (Å²) in [4.78, 5) is 0. The highest BCUT2D eigenvalue weighted by Gasteiger charge is 2.10. The van der Waals surface area contributed by atoms with Gasteiger partial charge in [0.1, 0.15) is 17.2 Å². The highest BCUT2D eigenvalue weighted by Crippen LogP contribution is 2.39. The lowest BCUT2D eigenvalue weighted by Gasteiger charge is -2.07. The van der Waals surface area contributed by atoms with Crippen LogP contribution in [0.15, 0.2) is 36.4 Å². The van der Waals surface area contributed by atoms with Gasteiger partial charge in [0, 0.05) is 12.1 Å². The lowest BCUT2D eigenvalue weighted by atomic mass is 10.0. The van der Waals surface area contributed by atoms with Crippen molar-refractivity contribution in [1.82, 2.24) is 0 Å². The minimum absolute atomic E-state index is 0.154. The fourth-order valence-electron chi connectivity index (χ4n) is 1.45. The van der Waals surface area contributed by atoms with Crippen molar-refractivity contribution in [3.05, 3.63) is 42.5 Å². The van der Waals surface area contributed by atoms with Crippen molar-refractivity contribution in [3.8, 4) is 28.4 Å². The summed E-state index contributed by atoms with van der Waals surface area (Å²) in [6.07, 6.45) is 0. The Morgan fingerprint density at radius 2 is 1.40 bits per heavy atom. The van der Waals surface area contributed by atoms with Crippen LogP contribution in [0.4, 0.5) is 0 Å². The molecule has 0 unspecified atom stereocenters. The van der Waals surface area contributed by atoms with Crippen LogP contribution in [0.1, 0.15) is 0 Å². The average molecular weight is 201 g/mol. The molecule has 0 amide bonds. The van der Waals surface area contributed by atoms with Gasteiger partial charge in [0.15, 0.2) is 0 Å². The maximum Gasteiger partial charge on any atom is 0.130 e. The molecule has 0 heterocycles. The predicted octanol–water partition coefficient (Wildman–Crippen LogP) is 2.27. The number of phenols is 3. The molecule has 0 aliphatic carbocycles. The Bertz CT molecular complexity index is 454. The van der Waals surface area contributed by atoms with E-state index in [-0.39, 0.29) is 17.2 Å². The van der Waals surface area contributed by atoms with Gasteiger partial charge >= 0.3 is 0 Å². The molecular formula is C12H9O3. The number of hydrogen-bond acceptors (Lipinski definition) is 3. The largest absolute Gasteiger partial charge is 0.508 e. The zero-order valence-electron chi connectivity index (χ0n) is 7.81. The molecule has 0 saturated heterocycles. The topological polar surface area (TPSA) is 60.7 Å². The van der Waals surface area contributed by atoms with Crippen LogP contribution >= 0.6 is 0 Å². The third-order valence-electron chi connectivity index (χ3n) is 2.09. The van der Waals surface area contributed by atoms with E-state index < -0.39 is 0 Å². The number of phenolic OH excluding ortho intramolecular Hbond substituents is 3. The number of aromatic hydroxyl groups is 3. The summed E-state index contributed by atoms with van der Waals surface area (Å²) >= 11 is 0. The van der Waals surface area contributed by atoms with Crippen molar-refractivity contribution < 1.29 is 15.3 Å². The molecule has 0 atom stereocenters. The smallest absolute Gasteiger partial charge is 0.130 e. The zero-order valence-corrected chi connectivity index (χ0v) is 7.81. The Morgan fingerprint density at radius 1 is 0.867 bits per heavy atom. The molecule has 15 heavy (non-hydrogen) atoms. The van der Waals surface area contributed by atoms with Crippen LogP contribution in [0.3, 0.4) is 0 Å². The first kappa shape index (κ1) is 9.40. The molecule has 2 aromatic carbocycles. The van der Waals surface area contributed by atoms with E-state index in [1.165, 1.54) is 12.1 Å². The summed E-state index contributed by atoms with van der Waals surface area (Å²) < 4.78 is 0. The molecule has 2 aromatic rings. The van der Waals surface area contributed by atoms with Gasteiger partial charge in [0.05, 0.1) is 5.56 Å². The van der Waals surface area contributed by atoms with Gasteiger partial charge in [-0.15, -0.1) is 0 Å². The quantitative estimate of drug-likeness (QED) is 0.663. The van der Waals surface area contributed by atoms with Crippen molar-refractivity contribution in [3.63, 3.8) is 0 Å². The van der Waals surface area contributed by atoms with Crippen LogP contribution in [0.5, 0.6) is 17.2 Å². The van der Waals surface area contributed by atoms with Gasteiger partial charge in [0.25, 0.3) is 0 Å². The molecular weight excluding hydrogens is 192 g/mol. The molecule has 0 saturated carbocycles. The second-order valence-corrected chi connectivity index (χ2v) is 3.15. The number of rotatable bonds is 1. The second-order valence-electron chi connectivity index (χ2n) is 3.15. The van der Waals surface area contributed by atoms with Gasteiger partial charge in [0.2, 0.25) is 0 Å². The van der Waals surface area contributed by atoms with Crippen LogP contribution in [0, 0.1) is 6.07 Å². The summed E-state index contributed by atoms with van der Waals surface area (Å²) in [5.41, 5.74) is 0.977. The van der Waals surface area contributed by atoms with Crippen molar-refractivity contribution in [2.45, 2.75) is 0 Å². The first-order valence-electron chi connectivity index (χ1n) is 4.40. The molecule has 1 radical (unpaired) electrons. The first-order chi connectivity index (χ1) is 7.18. The Balaban J connectivity index is 2.64. The fourth-order valence-corrected chi connectivity index (χ4v) is 1.45. The first-order valence-corrected chi connectivity index (χ1v) is 4.40. The van der Waals surface area contributed by atoms with Crippen LogP contribution in [0.2, 0.25) is 0 Å². The third-order valence-corrected chi connectivity index (χ3v) is 2.09. The minimum Gasteiger partial charge on any atom is -0.508 e. The van der Waals surface area contributed by atoms with E-state index in [1.807, 2.05) is 0 Å². The lowest BCUT2D eigenvalue weighted by molar-refractivity contribution is 0.430. The van der Waals surface area contributed by atoms with E-state index in [0.717, 1.165) is 0 Å². The second kappa shape index (κ2) is 3.53. The van der Waals surface area contributed by atoms with Crippen LogP contribution in [0.25, 0.3) is 11.1 Å². The maximum atomic E-state index is 9.60. The van der Waals surface area contributed by atoms with Crippen LogP contribution < -0.4 is 0 Å². The molecule has 0 fully saturated rings. The number of hydrogen-bond donors (Lipinski definition) is 3. The zero-order chi connectivity index (χ0) is 10.8. The lowest BCUT2D eigenvalue weighted by Crippen LogP contribution is -1.80. The summed E-state index contributed by atoms with van der Waals surface area (Å²) in [6.45, 7) is 0. The average Bonchev–Trinajstić information content (AvgIpc) is 2.17. The third kappa shape index (κ3) is 1.72. The van der Waals surface area contributed by atoms with E-state index in [1.54, 1.807) is 24.3 Å². The summed E-state index contributed by atoms with van der Waals surface area (Å²) in [5, 5.41) is 28.3. The van der Waals surface area contributed by atoms with E-state index in [9.17, 15) is 10.2 Å². The molecule has 3 heteroatoms. The Hall–Kier alpha value is -2.16. The van der Waals surface area contributed by atoms with Crippen molar-refractivity contribution in [2.75, 3.05) is 0 Å². The molecule has 75 valence electrons. The Morgan fingerprint density at radius 3 is 1.93 bits per heavy atom. The molecule has 3 nitrogen and oxygen atoms in total. The Kier molecular flexibility index (Phi) is 2.21. The van der Waals surface area contributed by atoms with Crippen molar-refractivity contribution in [1.29, 1.82) is 0 Å². The van der Waals surface area contributed by atoms with Crippen molar-refractivity contribution >= 4 is 0 Å². The van der Waals surface area contributed by atoms with Crippen LogP contribution in [-0.2, 0) is 0 Å². The molecule has 0 spiro atoms. The van der Waals surface area contributed by atoms with Crippen molar-refractivity contribution in [2.24, 2.45) is 0 Å². The monoisotopic (exact) mass is 201 g/mol.